The lowest BCUT2D eigenvalue weighted by atomic mass is 10.2. The van der Waals surface area contributed by atoms with E-state index in [0.29, 0.717) is 10.0 Å². The summed E-state index contributed by atoms with van der Waals surface area (Å²) >= 11 is 11.7. The number of para-hydroxylation sites is 1. The molecule has 0 bridgehead atoms. The van der Waals surface area contributed by atoms with Crippen molar-refractivity contribution >= 4 is 34.1 Å². The zero-order valence-electron chi connectivity index (χ0n) is 6.09. The minimum Gasteiger partial charge on any atom is -0.255 e. The van der Waals surface area contributed by atoms with Crippen LogP contribution < -0.4 is 0 Å². The van der Waals surface area contributed by atoms with Gasteiger partial charge in [0.2, 0.25) is 0 Å². The molecule has 0 aliphatic carbocycles. The molecule has 3 heteroatoms. The molecule has 1 nitrogen and oxygen atoms in total. The molecule has 2 aromatic rings. The van der Waals surface area contributed by atoms with Crippen LogP contribution in [-0.4, -0.2) is 4.98 Å². The van der Waals surface area contributed by atoms with Crippen molar-refractivity contribution < 1.29 is 0 Å². The van der Waals surface area contributed by atoms with E-state index >= 15 is 0 Å². The Hall–Kier alpha value is -0.790. The Balaban J connectivity index is 2.91. The number of fused-ring (bicyclic) bond motifs is 1. The van der Waals surface area contributed by atoms with Crippen LogP contribution in [0.2, 0.25) is 10.0 Å². The number of hydrogen-bond donors (Lipinski definition) is 0. The van der Waals surface area contributed by atoms with Crippen LogP contribution in [0.25, 0.3) is 10.9 Å². The minimum atomic E-state index is 0.496. The predicted molar refractivity (Wildman–Crippen MR) is 51.8 cm³/mol. The van der Waals surface area contributed by atoms with Crippen LogP contribution in [-0.2, 0) is 0 Å². The molecule has 0 aliphatic heterocycles. The van der Waals surface area contributed by atoms with Gasteiger partial charge in [-0.3, -0.25) is 4.98 Å². The van der Waals surface area contributed by atoms with Gasteiger partial charge in [0.05, 0.1) is 15.6 Å². The molecule has 0 aliphatic rings. The van der Waals surface area contributed by atoms with Gasteiger partial charge in [0, 0.05) is 11.6 Å². The molecule has 0 saturated heterocycles. The molecule has 1 heterocycles. The van der Waals surface area contributed by atoms with Gasteiger partial charge < -0.3 is 0 Å². The van der Waals surface area contributed by atoms with Gasteiger partial charge in [-0.15, -0.1) is 0 Å². The summed E-state index contributed by atoms with van der Waals surface area (Å²) < 4.78 is 0. The van der Waals surface area contributed by atoms with E-state index in [0.717, 1.165) is 10.9 Å². The average Bonchev–Trinajstić information content (AvgIpc) is 2.12. The maximum absolute atomic E-state index is 5.95. The van der Waals surface area contributed by atoms with Gasteiger partial charge in [0.1, 0.15) is 0 Å². The lowest BCUT2D eigenvalue weighted by molar-refractivity contribution is 1.41. The zero-order valence-corrected chi connectivity index (χ0v) is 7.60. The highest BCUT2D eigenvalue weighted by Crippen LogP contribution is 2.28. The van der Waals surface area contributed by atoms with Crippen LogP contribution in [0, 0.1) is 0 Å². The molecule has 0 spiro atoms. The molecule has 12 heavy (non-hydrogen) atoms. The first kappa shape index (κ1) is 7.84. The van der Waals surface area contributed by atoms with E-state index in [2.05, 4.69) is 4.98 Å². The summed E-state index contributed by atoms with van der Waals surface area (Å²) in [5, 5.41) is 1.96. The minimum absolute atomic E-state index is 0.496. The van der Waals surface area contributed by atoms with Crippen LogP contribution >= 0.6 is 23.2 Å². The van der Waals surface area contributed by atoms with Crippen molar-refractivity contribution in [3.8, 4) is 0 Å². The second kappa shape index (κ2) is 2.92. The molecule has 1 aromatic heterocycles. The molecule has 0 saturated carbocycles. The number of nitrogens with zero attached hydrogens (tertiary/aromatic N) is 1. The number of aromatic nitrogens is 1. The third-order valence-electron chi connectivity index (χ3n) is 1.67. The Labute approximate surface area is 79.9 Å². The van der Waals surface area contributed by atoms with Gasteiger partial charge in [-0.2, -0.15) is 0 Å². The molecule has 0 amide bonds. The summed E-state index contributed by atoms with van der Waals surface area (Å²) in [5.74, 6) is 0. The van der Waals surface area contributed by atoms with Gasteiger partial charge >= 0.3 is 0 Å². The Bertz CT molecular complexity index is 426. The van der Waals surface area contributed by atoms with Gasteiger partial charge in [-0.1, -0.05) is 41.4 Å². The quantitative estimate of drug-likeness (QED) is 0.630. The fourth-order valence-corrected chi connectivity index (χ4v) is 1.44. The Morgan fingerprint density at radius 1 is 1.08 bits per heavy atom. The Morgan fingerprint density at radius 2 is 1.83 bits per heavy atom. The highest BCUT2D eigenvalue weighted by molar-refractivity contribution is 6.45. The van der Waals surface area contributed by atoms with Crippen LogP contribution in [0.15, 0.2) is 30.5 Å². The number of rotatable bonds is 0. The zero-order chi connectivity index (χ0) is 8.55. The standard InChI is InChI=1S/C9H5Cl2N/c10-7-5-12-8-4-2-1-3-6(8)9(7)11/h1-5H. The smallest absolute Gasteiger partial charge is 0.0782 e. The summed E-state index contributed by atoms with van der Waals surface area (Å²) in [6.07, 6.45) is 1.56. The van der Waals surface area contributed by atoms with Crippen molar-refractivity contribution in [3.05, 3.63) is 40.5 Å². The molecular formula is C9H5Cl2N. The molecule has 0 fully saturated rings. The van der Waals surface area contributed by atoms with Crippen molar-refractivity contribution in [1.29, 1.82) is 0 Å². The van der Waals surface area contributed by atoms with E-state index < -0.39 is 0 Å². The third-order valence-corrected chi connectivity index (χ3v) is 2.46. The van der Waals surface area contributed by atoms with Crippen molar-refractivity contribution in [3.63, 3.8) is 0 Å². The number of halogens is 2. The van der Waals surface area contributed by atoms with Crippen LogP contribution in [0.3, 0.4) is 0 Å². The molecule has 60 valence electrons. The van der Waals surface area contributed by atoms with Crippen LogP contribution in [0.5, 0.6) is 0 Å². The molecule has 2 rings (SSSR count). The largest absolute Gasteiger partial charge is 0.255 e. The first-order valence-electron chi connectivity index (χ1n) is 3.48. The van der Waals surface area contributed by atoms with Gasteiger partial charge in [-0.25, -0.2) is 0 Å². The van der Waals surface area contributed by atoms with E-state index in [4.69, 9.17) is 23.2 Å². The number of hydrogen-bond acceptors (Lipinski definition) is 1. The van der Waals surface area contributed by atoms with Crippen LogP contribution in [0.4, 0.5) is 0 Å². The number of pyridine rings is 1. The lowest BCUT2D eigenvalue weighted by Crippen LogP contribution is -1.79. The van der Waals surface area contributed by atoms with Crippen molar-refractivity contribution in [2.24, 2.45) is 0 Å². The first-order valence-corrected chi connectivity index (χ1v) is 4.23. The van der Waals surface area contributed by atoms with Gasteiger partial charge in [0.25, 0.3) is 0 Å². The molecule has 0 N–H and O–H groups in total. The first-order chi connectivity index (χ1) is 5.79. The van der Waals surface area contributed by atoms with Crippen molar-refractivity contribution in [1.82, 2.24) is 4.98 Å². The van der Waals surface area contributed by atoms with Gasteiger partial charge in [0.15, 0.2) is 0 Å². The molecule has 0 unspecified atom stereocenters. The molecular weight excluding hydrogens is 193 g/mol. The maximum Gasteiger partial charge on any atom is 0.0782 e. The lowest BCUT2D eigenvalue weighted by Gasteiger charge is -1.99. The van der Waals surface area contributed by atoms with Crippen LogP contribution in [0.1, 0.15) is 0 Å². The second-order valence-electron chi connectivity index (χ2n) is 2.44. The van der Waals surface area contributed by atoms with E-state index in [1.807, 2.05) is 24.3 Å². The monoisotopic (exact) mass is 197 g/mol. The highest BCUT2D eigenvalue weighted by atomic mass is 35.5. The summed E-state index contributed by atoms with van der Waals surface area (Å²) in [5.41, 5.74) is 0.868. The predicted octanol–water partition coefficient (Wildman–Crippen LogP) is 3.54. The van der Waals surface area contributed by atoms with Gasteiger partial charge in [-0.05, 0) is 6.07 Å². The third kappa shape index (κ3) is 1.15. The topological polar surface area (TPSA) is 12.9 Å². The maximum atomic E-state index is 5.95. The molecule has 0 radical (unpaired) electrons. The highest BCUT2D eigenvalue weighted by Gasteiger charge is 2.02. The van der Waals surface area contributed by atoms with E-state index in [-0.39, 0.29) is 0 Å². The van der Waals surface area contributed by atoms with E-state index in [1.165, 1.54) is 0 Å². The Kier molecular flexibility index (Phi) is 1.91. The number of benzene rings is 1. The fourth-order valence-electron chi connectivity index (χ4n) is 1.08. The Morgan fingerprint density at radius 3 is 2.67 bits per heavy atom. The van der Waals surface area contributed by atoms with Crippen molar-refractivity contribution in [2.45, 2.75) is 0 Å². The van der Waals surface area contributed by atoms with Crippen molar-refractivity contribution in [2.75, 3.05) is 0 Å². The summed E-state index contributed by atoms with van der Waals surface area (Å²) in [4.78, 5) is 4.13. The summed E-state index contributed by atoms with van der Waals surface area (Å²) in [6.45, 7) is 0. The summed E-state index contributed by atoms with van der Waals surface area (Å²) in [6, 6.07) is 7.62. The van der Waals surface area contributed by atoms with E-state index in [1.54, 1.807) is 6.20 Å². The normalized spacial score (nSPS) is 10.5. The molecule has 0 atom stereocenters. The summed E-state index contributed by atoms with van der Waals surface area (Å²) in [7, 11) is 0. The SMILES string of the molecule is Clc1cnc2ccccc2c1Cl. The second-order valence-corrected chi connectivity index (χ2v) is 3.22. The fraction of sp³-hybridized carbons (Fsp3) is 0. The van der Waals surface area contributed by atoms with E-state index in [9.17, 15) is 0 Å². The molecule has 1 aromatic carbocycles. The average molecular weight is 198 g/mol.